The summed E-state index contributed by atoms with van der Waals surface area (Å²) in [6.45, 7) is 0.417. The second-order valence-electron chi connectivity index (χ2n) is 8.70. The van der Waals surface area contributed by atoms with Crippen molar-refractivity contribution < 1.29 is 19.4 Å². The maximum absolute atomic E-state index is 12.9. The summed E-state index contributed by atoms with van der Waals surface area (Å²) in [7, 11) is 1.60. The number of amides is 1. The zero-order chi connectivity index (χ0) is 24.5. The maximum atomic E-state index is 12.9. The van der Waals surface area contributed by atoms with Gasteiger partial charge < -0.3 is 20.1 Å². The van der Waals surface area contributed by atoms with E-state index in [9.17, 15) is 14.7 Å². The van der Waals surface area contributed by atoms with Gasteiger partial charge in [-0.2, -0.15) is 0 Å². The van der Waals surface area contributed by atoms with Crippen molar-refractivity contribution in [2.75, 3.05) is 13.7 Å². The Kier molecular flexibility index (Phi) is 6.28. The van der Waals surface area contributed by atoms with Gasteiger partial charge in [0.05, 0.1) is 29.2 Å². The van der Waals surface area contributed by atoms with Crippen molar-refractivity contribution in [2.45, 2.75) is 18.9 Å². The Balaban J connectivity index is 1.56. The van der Waals surface area contributed by atoms with E-state index in [0.717, 1.165) is 23.9 Å². The number of benzene rings is 3. The molecule has 1 fully saturated rings. The Hall–Kier alpha value is -3.68. The molecule has 178 valence electrons. The number of halogens is 1. The highest BCUT2D eigenvalue weighted by Crippen LogP contribution is 2.39. The van der Waals surface area contributed by atoms with E-state index in [1.54, 1.807) is 31.4 Å². The van der Waals surface area contributed by atoms with Crippen LogP contribution in [0.4, 0.5) is 0 Å². The molecule has 3 N–H and O–H groups in total. The summed E-state index contributed by atoms with van der Waals surface area (Å²) < 4.78 is 5.24. The van der Waals surface area contributed by atoms with Crippen LogP contribution in [0.25, 0.3) is 33.5 Å². The molecule has 0 saturated heterocycles. The van der Waals surface area contributed by atoms with E-state index in [1.807, 2.05) is 30.3 Å². The van der Waals surface area contributed by atoms with Crippen LogP contribution in [0.5, 0.6) is 0 Å². The second kappa shape index (κ2) is 9.52. The molecule has 0 unspecified atom stereocenters. The number of fused-ring (bicyclic) bond motifs is 1. The molecule has 4 aromatic rings. The molecule has 1 aromatic heterocycles. The molecule has 3 aromatic carbocycles. The van der Waals surface area contributed by atoms with Crippen molar-refractivity contribution in [1.82, 2.24) is 15.3 Å². The normalized spacial score (nSPS) is 14.1. The van der Waals surface area contributed by atoms with Gasteiger partial charge >= 0.3 is 5.97 Å². The third-order valence-electron chi connectivity index (χ3n) is 6.29. The zero-order valence-electron chi connectivity index (χ0n) is 19.0. The molecule has 1 amide bonds. The van der Waals surface area contributed by atoms with E-state index in [4.69, 9.17) is 16.3 Å². The number of methoxy groups -OCH3 is 1. The minimum atomic E-state index is -1.15. The molecular weight excluding hydrogens is 466 g/mol. The summed E-state index contributed by atoms with van der Waals surface area (Å²) in [6, 6.07) is 17.5. The average Bonchev–Trinajstić information content (AvgIpc) is 3.61. The fourth-order valence-electron chi connectivity index (χ4n) is 4.38. The standard InChI is InChI=1S/C27H24ClN3O4/c1-35-14-23(15-9-10-15)31-26(32)16-11-12-17(19(13-16)27(33)34)24-18(5-4-6-20(24)28)25-29-21-7-2-3-8-22(21)30-25/h2-8,11-13,15,23H,9-10,14H2,1H3,(H,29,30)(H,31,32)(H,33,34)/t23-/m1/s1. The van der Waals surface area contributed by atoms with Gasteiger partial charge in [-0.3, -0.25) is 4.79 Å². The number of aromatic carboxylic acids is 1. The van der Waals surface area contributed by atoms with Gasteiger partial charge in [0.25, 0.3) is 5.91 Å². The molecule has 0 bridgehead atoms. The van der Waals surface area contributed by atoms with E-state index in [2.05, 4.69) is 15.3 Å². The van der Waals surface area contributed by atoms with Crippen LogP contribution in [0.2, 0.25) is 5.02 Å². The summed E-state index contributed by atoms with van der Waals surface area (Å²) >= 11 is 6.61. The number of hydrogen-bond acceptors (Lipinski definition) is 4. The second-order valence-corrected chi connectivity index (χ2v) is 9.11. The monoisotopic (exact) mass is 489 g/mol. The molecular formula is C27H24ClN3O4. The average molecular weight is 490 g/mol. The SMILES string of the molecule is COC[C@@H](NC(=O)c1ccc(-c2c(Cl)cccc2-c2nc3ccccc3[nH]2)c(C(=O)O)c1)C1CC1. The molecule has 0 radical (unpaired) electrons. The van der Waals surface area contributed by atoms with E-state index in [1.165, 1.54) is 6.07 Å². The van der Waals surface area contributed by atoms with Crippen molar-refractivity contribution in [3.63, 3.8) is 0 Å². The van der Waals surface area contributed by atoms with Gasteiger partial charge in [0.2, 0.25) is 0 Å². The molecule has 1 atom stereocenters. The fraction of sp³-hybridized carbons (Fsp3) is 0.222. The number of rotatable bonds is 8. The highest BCUT2D eigenvalue weighted by Gasteiger charge is 2.32. The van der Waals surface area contributed by atoms with Crippen LogP contribution in [0.1, 0.15) is 33.6 Å². The zero-order valence-corrected chi connectivity index (χ0v) is 19.8. The number of ether oxygens (including phenoxy) is 1. The maximum Gasteiger partial charge on any atom is 0.336 e. The van der Waals surface area contributed by atoms with Crippen LogP contribution in [0.15, 0.2) is 60.7 Å². The number of para-hydroxylation sites is 2. The number of imidazole rings is 1. The number of carbonyl (C=O) groups is 2. The number of carboxylic acids is 1. The molecule has 8 heteroatoms. The van der Waals surface area contributed by atoms with Gasteiger partial charge in [-0.25, -0.2) is 9.78 Å². The Morgan fingerprint density at radius 2 is 1.94 bits per heavy atom. The van der Waals surface area contributed by atoms with Crippen LogP contribution in [0, 0.1) is 5.92 Å². The molecule has 7 nitrogen and oxygen atoms in total. The molecule has 1 aliphatic rings. The predicted octanol–water partition coefficient (Wildman–Crippen LogP) is 5.40. The van der Waals surface area contributed by atoms with E-state index in [0.29, 0.717) is 40.1 Å². The quantitative estimate of drug-likeness (QED) is 0.307. The Morgan fingerprint density at radius 1 is 1.14 bits per heavy atom. The highest BCUT2D eigenvalue weighted by molar-refractivity contribution is 6.34. The number of aromatic amines is 1. The lowest BCUT2D eigenvalue weighted by Gasteiger charge is -2.18. The summed E-state index contributed by atoms with van der Waals surface area (Å²) in [5, 5.41) is 13.4. The summed E-state index contributed by atoms with van der Waals surface area (Å²) in [4.78, 5) is 33.2. The van der Waals surface area contributed by atoms with Gasteiger partial charge in [-0.1, -0.05) is 41.9 Å². The topological polar surface area (TPSA) is 104 Å². The van der Waals surface area contributed by atoms with Crippen molar-refractivity contribution >= 4 is 34.5 Å². The third kappa shape index (κ3) is 4.65. The molecule has 0 aliphatic heterocycles. The largest absolute Gasteiger partial charge is 0.478 e. The first kappa shape index (κ1) is 23.1. The lowest BCUT2D eigenvalue weighted by Crippen LogP contribution is -2.39. The molecule has 5 rings (SSSR count). The highest BCUT2D eigenvalue weighted by atomic mass is 35.5. The summed E-state index contributed by atoms with van der Waals surface area (Å²) in [6.07, 6.45) is 2.09. The van der Waals surface area contributed by atoms with Crippen molar-refractivity contribution in [3.8, 4) is 22.5 Å². The third-order valence-corrected chi connectivity index (χ3v) is 6.61. The van der Waals surface area contributed by atoms with E-state index >= 15 is 0 Å². The van der Waals surface area contributed by atoms with Crippen LogP contribution in [-0.4, -0.2) is 46.7 Å². The lowest BCUT2D eigenvalue weighted by molar-refractivity contribution is 0.0697. The number of aromatic nitrogens is 2. The molecule has 1 aliphatic carbocycles. The minimum absolute atomic E-state index is 0.0159. The smallest absolute Gasteiger partial charge is 0.336 e. The first-order valence-corrected chi connectivity index (χ1v) is 11.7. The molecule has 1 heterocycles. The van der Waals surface area contributed by atoms with Crippen LogP contribution >= 0.6 is 11.6 Å². The van der Waals surface area contributed by atoms with Gasteiger partial charge in [-0.05, 0) is 54.7 Å². The van der Waals surface area contributed by atoms with Gasteiger partial charge in [0.15, 0.2) is 0 Å². The number of nitrogens with zero attached hydrogens (tertiary/aromatic N) is 1. The Morgan fingerprint density at radius 3 is 2.66 bits per heavy atom. The Labute approximate surface area is 207 Å². The number of nitrogens with one attached hydrogen (secondary N) is 2. The Bertz CT molecular complexity index is 1390. The fourth-order valence-corrected chi connectivity index (χ4v) is 4.66. The number of carboxylic acid groups (broad SMARTS) is 1. The first-order valence-electron chi connectivity index (χ1n) is 11.4. The number of H-pyrrole nitrogens is 1. The first-order chi connectivity index (χ1) is 17.0. The van der Waals surface area contributed by atoms with Crippen LogP contribution in [0.3, 0.4) is 0 Å². The summed E-state index contributed by atoms with van der Waals surface area (Å²) in [5.74, 6) is -0.509. The van der Waals surface area contributed by atoms with Crippen molar-refractivity contribution in [2.24, 2.45) is 5.92 Å². The van der Waals surface area contributed by atoms with Crippen LogP contribution < -0.4 is 5.32 Å². The molecule has 35 heavy (non-hydrogen) atoms. The van der Waals surface area contributed by atoms with Crippen molar-refractivity contribution in [1.29, 1.82) is 0 Å². The van der Waals surface area contributed by atoms with Crippen LogP contribution in [-0.2, 0) is 4.74 Å². The van der Waals surface area contributed by atoms with E-state index < -0.39 is 5.97 Å². The number of carbonyl (C=O) groups excluding carboxylic acids is 1. The summed E-state index contributed by atoms with van der Waals surface area (Å²) in [5.41, 5.74) is 3.52. The van der Waals surface area contributed by atoms with Crippen molar-refractivity contribution in [3.05, 3.63) is 76.8 Å². The number of hydrogen-bond donors (Lipinski definition) is 3. The van der Waals surface area contributed by atoms with E-state index in [-0.39, 0.29) is 23.1 Å². The minimum Gasteiger partial charge on any atom is -0.478 e. The molecule has 0 spiro atoms. The van der Waals surface area contributed by atoms with Gasteiger partial charge in [0.1, 0.15) is 5.82 Å². The lowest BCUT2D eigenvalue weighted by atomic mass is 9.93. The van der Waals surface area contributed by atoms with Gasteiger partial charge in [-0.15, -0.1) is 0 Å². The predicted molar refractivity (Wildman–Crippen MR) is 135 cm³/mol. The van der Waals surface area contributed by atoms with Gasteiger partial charge in [0, 0.05) is 28.8 Å². The molecule has 1 saturated carbocycles.